The molecule has 0 bridgehead atoms. The molecule has 0 saturated heterocycles. The van der Waals surface area contributed by atoms with Crippen molar-refractivity contribution in [3.63, 3.8) is 0 Å². The minimum absolute atomic E-state index is 0. The first-order valence-corrected chi connectivity index (χ1v) is 9.43. The normalized spacial score (nSPS) is 13.6. The molecule has 0 radical (unpaired) electrons. The van der Waals surface area contributed by atoms with Crippen LogP contribution in [0.2, 0.25) is 0 Å². The number of allylic oxidation sites excluding steroid dienone is 6. The van der Waals surface area contributed by atoms with Crippen molar-refractivity contribution in [2.24, 2.45) is 0 Å². The van der Waals surface area contributed by atoms with Gasteiger partial charge in [0, 0.05) is 0 Å². The molecule has 3 heteroatoms. The summed E-state index contributed by atoms with van der Waals surface area (Å²) < 4.78 is 0.648. The zero-order valence-electron chi connectivity index (χ0n) is 14.7. The van der Waals surface area contributed by atoms with Crippen molar-refractivity contribution in [1.82, 2.24) is 0 Å². The third-order valence-corrected chi connectivity index (χ3v) is 5.85. The fourth-order valence-electron chi connectivity index (χ4n) is 3.03. The summed E-state index contributed by atoms with van der Waals surface area (Å²) in [5.41, 5.74) is 10.00. The molecule has 0 aliphatic heterocycles. The third kappa shape index (κ3) is 4.85. The molecule has 127 valence electrons. The van der Waals surface area contributed by atoms with Gasteiger partial charge >= 0.3 is 99.1 Å². The van der Waals surface area contributed by atoms with Gasteiger partial charge in [0.1, 0.15) is 0 Å². The quantitative estimate of drug-likeness (QED) is 0.540. The average Bonchev–Trinajstić information content (AvgIpc) is 3.12. The molecule has 0 spiro atoms. The molecule has 4 rings (SSSR count). The van der Waals surface area contributed by atoms with Gasteiger partial charge in [-0.3, -0.25) is 0 Å². The van der Waals surface area contributed by atoms with E-state index in [-0.39, 0.29) is 24.8 Å². The first-order chi connectivity index (χ1) is 11.1. The molecule has 0 saturated carbocycles. The van der Waals surface area contributed by atoms with Crippen molar-refractivity contribution in [3.05, 3.63) is 94.6 Å². The Kier molecular flexibility index (Phi) is 8.62. The Morgan fingerprint density at radius 2 is 1.28 bits per heavy atom. The van der Waals surface area contributed by atoms with Gasteiger partial charge in [-0.15, -0.1) is 0 Å². The topological polar surface area (TPSA) is 0 Å². The van der Waals surface area contributed by atoms with E-state index in [4.69, 9.17) is 0 Å². The van der Waals surface area contributed by atoms with Crippen molar-refractivity contribution in [2.75, 3.05) is 0 Å². The van der Waals surface area contributed by atoms with Gasteiger partial charge in [0.2, 0.25) is 0 Å². The summed E-state index contributed by atoms with van der Waals surface area (Å²) in [4.78, 5) is 0. The molecule has 0 unspecified atom stereocenters. The monoisotopic (exact) mass is 445 g/mol. The molecule has 2 aliphatic carbocycles. The molecule has 0 N–H and O–H groups in total. The van der Waals surface area contributed by atoms with Crippen LogP contribution in [0.15, 0.2) is 83.5 Å². The number of hydrogen-bond acceptors (Lipinski definition) is 0. The van der Waals surface area contributed by atoms with E-state index in [0.29, 0.717) is 3.63 Å². The molecular weight excluding hydrogens is 426 g/mol. The number of benzene rings is 2. The van der Waals surface area contributed by atoms with E-state index in [1.165, 1.54) is 39.0 Å². The zero-order chi connectivity index (χ0) is 16.4. The van der Waals surface area contributed by atoms with Crippen LogP contribution in [-0.2, 0) is 24.7 Å². The van der Waals surface area contributed by atoms with E-state index in [2.05, 4.69) is 87.5 Å². The SMILES string of the molecule is CC1=CC(=C(C)C)C=C1.[Cl-].[Cl-].[Zr+2][CH]1c2ccccc2-c2ccccc21. The summed E-state index contributed by atoms with van der Waals surface area (Å²) in [5.74, 6) is 0. The van der Waals surface area contributed by atoms with Gasteiger partial charge in [-0.1, -0.05) is 29.4 Å². The zero-order valence-corrected chi connectivity index (χ0v) is 18.7. The van der Waals surface area contributed by atoms with Crippen molar-refractivity contribution in [1.29, 1.82) is 0 Å². The average molecular weight is 448 g/mol. The van der Waals surface area contributed by atoms with Crippen LogP contribution >= 0.6 is 0 Å². The summed E-state index contributed by atoms with van der Waals surface area (Å²) >= 11 is 1.58. The first kappa shape index (κ1) is 22.2. The Hall–Kier alpha value is -0.877. The molecule has 2 aromatic rings. The van der Waals surface area contributed by atoms with Crippen LogP contribution in [0, 0.1) is 0 Å². The standard InChI is InChI=1S/C13H9.C9H12.2ClH.Zr/c1-3-7-12-10(5-1)9-11-6-2-4-8-13(11)12;1-7(2)9-5-4-8(3)6-9;;;/h1-9H;4-6H,1-3H3;2*1H;/q;;;;+2/p-2. The number of fused-ring (bicyclic) bond motifs is 3. The Morgan fingerprint density at radius 1 is 0.800 bits per heavy atom. The van der Waals surface area contributed by atoms with Gasteiger partial charge < -0.3 is 24.8 Å². The van der Waals surface area contributed by atoms with Crippen molar-refractivity contribution in [3.8, 4) is 11.1 Å². The fraction of sp³-hybridized carbons (Fsp3) is 0.182. The minimum atomic E-state index is 0. The van der Waals surface area contributed by atoms with E-state index in [1.54, 1.807) is 24.7 Å². The molecule has 0 nitrogen and oxygen atoms in total. The molecule has 0 fully saturated rings. The molecule has 0 aromatic heterocycles. The summed E-state index contributed by atoms with van der Waals surface area (Å²) in [6.45, 7) is 6.38. The van der Waals surface area contributed by atoms with E-state index in [1.807, 2.05) is 0 Å². The summed E-state index contributed by atoms with van der Waals surface area (Å²) in [5, 5.41) is 0. The van der Waals surface area contributed by atoms with Crippen LogP contribution in [0.1, 0.15) is 35.5 Å². The van der Waals surface area contributed by atoms with Crippen LogP contribution in [0.25, 0.3) is 11.1 Å². The van der Waals surface area contributed by atoms with Crippen LogP contribution in [0.4, 0.5) is 0 Å². The molecule has 0 atom stereocenters. The predicted octanol–water partition coefficient (Wildman–Crippen LogP) is 0.150. The second-order valence-corrected chi connectivity index (χ2v) is 7.70. The Bertz CT molecular complexity index is 782. The van der Waals surface area contributed by atoms with Crippen molar-refractivity contribution < 1.29 is 49.5 Å². The molecule has 0 heterocycles. The van der Waals surface area contributed by atoms with Crippen molar-refractivity contribution in [2.45, 2.75) is 24.4 Å². The molecule has 0 amide bonds. The Morgan fingerprint density at radius 3 is 1.64 bits per heavy atom. The van der Waals surface area contributed by atoms with Gasteiger partial charge in [-0.25, -0.2) is 0 Å². The summed E-state index contributed by atoms with van der Waals surface area (Å²) in [6, 6.07) is 17.5. The molecular formula is C22H21Cl2Zr. The van der Waals surface area contributed by atoms with Crippen LogP contribution in [-0.4, -0.2) is 0 Å². The second kappa shape index (κ2) is 9.72. The van der Waals surface area contributed by atoms with E-state index < -0.39 is 0 Å². The van der Waals surface area contributed by atoms with Gasteiger partial charge in [0.25, 0.3) is 0 Å². The van der Waals surface area contributed by atoms with Gasteiger partial charge in [-0.05, 0) is 26.3 Å². The summed E-state index contributed by atoms with van der Waals surface area (Å²) in [7, 11) is 0. The predicted molar refractivity (Wildman–Crippen MR) is 95.0 cm³/mol. The Labute approximate surface area is 178 Å². The van der Waals surface area contributed by atoms with Gasteiger partial charge in [0.15, 0.2) is 0 Å². The number of rotatable bonds is 0. The molecule has 25 heavy (non-hydrogen) atoms. The number of halogens is 2. The van der Waals surface area contributed by atoms with Crippen LogP contribution in [0.3, 0.4) is 0 Å². The van der Waals surface area contributed by atoms with Crippen LogP contribution in [0.5, 0.6) is 0 Å². The van der Waals surface area contributed by atoms with E-state index >= 15 is 0 Å². The molecule has 2 aromatic carbocycles. The third-order valence-electron chi connectivity index (χ3n) is 4.32. The first-order valence-electron chi connectivity index (χ1n) is 8.01. The fourth-order valence-corrected chi connectivity index (χ4v) is 4.27. The van der Waals surface area contributed by atoms with Crippen molar-refractivity contribution >= 4 is 0 Å². The molecule has 2 aliphatic rings. The number of hydrogen-bond donors (Lipinski definition) is 0. The maximum absolute atomic E-state index is 2.26. The summed E-state index contributed by atoms with van der Waals surface area (Å²) in [6.07, 6.45) is 6.50. The van der Waals surface area contributed by atoms with Gasteiger partial charge in [-0.2, -0.15) is 0 Å². The maximum atomic E-state index is 2.26. The van der Waals surface area contributed by atoms with E-state index in [9.17, 15) is 0 Å². The Balaban J connectivity index is 0.000000252. The van der Waals surface area contributed by atoms with Crippen LogP contribution < -0.4 is 24.8 Å². The van der Waals surface area contributed by atoms with Gasteiger partial charge in [0.05, 0.1) is 0 Å². The second-order valence-electron chi connectivity index (χ2n) is 6.28. The van der Waals surface area contributed by atoms with E-state index in [0.717, 1.165) is 0 Å².